The summed E-state index contributed by atoms with van der Waals surface area (Å²) in [6, 6.07) is -1.77. The molecule has 0 amide bonds. The molecule has 15 heteroatoms. The number of aliphatic hydroxyl groups is 6. The van der Waals surface area contributed by atoms with Crippen molar-refractivity contribution in [3.05, 3.63) is 0 Å². The van der Waals surface area contributed by atoms with Gasteiger partial charge in [-0.3, -0.25) is 0 Å². The lowest BCUT2D eigenvalue weighted by Crippen LogP contribution is -2.68. The van der Waals surface area contributed by atoms with Crippen LogP contribution >= 0.6 is 0 Å². The predicted molar refractivity (Wildman–Crippen MR) is 141 cm³/mol. The van der Waals surface area contributed by atoms with Crippen molar-refractivity contribution in [1.82, 2.24) is 10.0 Å². The van der Waals surface area contributed by atoms with Crippen molar-refractivity contribution < 1.29 is 58.0 Å². The molecule has 0 spiro atoms. The third kappa shape index (κ3) is 7.51. The number of unbranched alkanes of at least 4 members (excludes halogenated alkanes) is 1. The maximum atomic E-state index is 12.8. The molecule has 1 saturated carbocycles. The molecule has 8 N–H and O–H groups in total. The van der Waals surface area contributed by atoms with Gasteiger partial charge in [-0.1, -0.05) is 27.2 Å². The lowest BCUT2D eigenvalue weighted by atomic mass is 9.80. The fourth-order valence-electron chi connectivity index (χ4n) is 5.80. The van der Waals surface area contributed by atoms with E-state index in [4.69, 9.17) is 18.9 Å². The minimum Gasteiger partial charge on any atom is -0.388 e. The van der Waals surface area contributed by atoms with E-state index in [9.17, 15) is 39.1 Å². The highest BCUT2D eigenvalue weighted by Gasteiger charge is 2.53. The van der Waals surface area contributed by atoms with Gasteiger partial charge >= 0.3 is 0 Å². The van der Waals surface area contributed by atoms with E-state index >= 15 is 0 Å². The van der Waals surface area contributed by atoms with Gasteiger partial charge in [0.05, 0.1) is 36.7 Å². The quantitative estimate of drug-likeness (QED) is 0.123. The average Bonchev–Trinajstić information content (AvgIpc) is 2.88. The molecule has 0 radical (unpaired) electrons. The summed E-state index contributed by atoms with van der Waals surface area (Å²) >= 11 is 0. The first kappa shape index (κ1) is 34.0. The second kappa shape index (κ2) is 13.8. The maximum Gasteiger partial charge on any atom is 0.211 e. The Labute approximate surface area is 236 Å². The Balaban J connectivity index is 1.86. The van der Waals surface area contributed by atoms with Gasteiger partial charge in [-0.15, -0.1) is 0 Å². The molecular formula is C25H48N2O12S. The number of sulfonamides is 1. The number of hydrogen-bond donors (Lipinski definition) is 8. The van der Waals surface area contributed by atoms with E-state index in [1.54, 1.807) is 20.9 Å². The van der Waals surface area contributed by atoms with Crippen LogP contribution < -0.4 is 10.0 Å². The van der Waals surface area contributed by atoms with Gasteiger partial charge < -0.3 is 54.9 Å². The molecule has 14 unspecified atom stereocenters. The van der Waals surface area contributed by atoms with Crippen LogP contribution in [-0.4, -0.2) is 138 Å². The molecule has 236 valence electrons. The second-order valence-corrected chi connectivity index (χ2v) is 13.4. The van der Waals surface area contributed by atoms with Crippen LogP contribution in [0, 0.1) is 5.92 Å². The molecule has 0 aromatic carbocycles. The summed E-state index contributed by atoms with van der Waals surface area (Å²) in [6.45, 7) is 6.62. The van der Waals surface area contributed by atoms with E-state index in [0.29, 0.717) is 19.3 Å². The summed E-state index contributed by atoms with van der Waals surface area (Å²) < 4.78 is 51.6. The van der Waals surface area contributed by atoms with Gasteiger partial charge in [-0.25, -0.2) is 13.1 Å². The van der Waals surface area contributed by atoms with Gasteiger partial charge in [0.25, 0.3) is 0 Å². The van der Waals surface area contributed by atoms with Crippen molar-refractivity contribution in [2.75, 3.05) is 19.4 Å². The summed E-state index contributed by atoms with van der Waals surface area (Å²) in [7, 11) is -2.20. The Morgan fingerprint density at radius 3 is 2.20 bits per heavy atom. The summed E-state index contributed by atoms with van der Waals surface area (Å²) in [5.41, 5.74) is -1.42. The zero-order valence-corrected chi connectivity index (χ0v) is 24.6. The zero-order chi connectivity index (χ0) is 30.0. The van der Waals surface area contributed by atoms with Crippen LogP contribution in [0.25, 0.3) is 0 Å². The van der Waals surface area contributed by atoms with Crippen LogP contribution in [0.5, 0.6) is 0 Å². The van der Waals surface area contributed by atoms with Gasteiger partial charge in [-0.05, 0) is 39.2 Å². The largest absolute Gasteiger partial charge is 0.388 e. The van der Waals surface area contributed by atoms with Crippen molar-refractivity contribution in [1.29, 1.82) is 0 Å². The topological polar surface area (TPSA) is 216 Å². The molecule has 0 bridgehead atoms. The Morgan fingerprint density at radius 1 is 0.950 bits per heavy atom. The minimum absolute atomic E-state index is 0.120. The molecule has 14 nitrogen and oxygen atoms in total. The fourth-order valence-corrected chi connectivity index (χ4v) is 7.28. The molecule has 0 aromatic heterocycles. The molecule has 40 heavy (non-hydrogen) atoms. The van der Waals surface area contributed by atoms with Crippen LogP contribution in [0.2, 0.25) is 0 Å². The SMILES string of the molecule is CCCCS(=O)(=O)NC1CC(C)C(OC2OC(CC)C(O)C(O)C2O)C(O)C1OC1OCC(C)(O)C(NC)C1O. The van der Waals surface area contributed by atoms with Crippen molar-refractivity contribution >= 4 is 10.0 Å². The highest BCUT2D eigenvalue weighted by atomic mass is 32.2. The Bertz CT molecular complexity index is 908. The lowest BCUT2D eigenvalue weighted by molar-refractivity contribution is -0.335. The van der Waals surface area contributed by atoms with Gasteiger partial charge in [0.1, 0.15) is 42.2 Å². The first-order valence-corrected chi connectivity index (χ1v) is 15.7. The van der Waals surface area contributed by atoms with E-state index in [-0.39, 0.29) is 18.8 Å². The summed E-state index contributed by atoms with van der Waals surface area (Å²) in [5.74, 6) is -0.595. The number of hydrogen-bond acceptors (Lipinski definition) is 13. The van der Waals surface area contributed by atoms with Crippen molar-refractivity contribution in [3.8, 4) is 0 Å². The van der Waals surface area contributed by atoms with Crippen molar-refractivity contribution in [3.63, 3.8) is 0 Å². The minimum atomic E-state index is -3.75. The van der Waals surface area contributed by atoms with E-state index in [0.717, 1.165) is 0 Å². The first-order valence-electron chi connectivity index (χ1n) is 14.0. The molecule has 1 aliphatic carbocycles. The number of nitrogens with one attached hydrogen (secondary N) is 2. The van der Waals surface area contributed by atoms with Crippen LogP contribution in [0.15, 0.2) is 0 Å². The summed E-state index contributed by atoms with van der Waals surface area (Å²) in [5, 5.41) is 66.9. The van der Waals surface area contributed by atoms with Crippen LogP contribution in [-0.2, 0) is 29.0 Å². The molecule has 3 rings (SSSR count). The Morgan fingerprint density at radius 2 is 1.60 bits per heavy atom. The third-order valence-corrected chi connectivity index (χ3v) is 9.64. The summed E-state index contributed by atoms with van der Waals surface area (Å²) in [4.78, 5) is 0. The molecule has 2 aliphatic heterocycles. The van der Waals surface area contributed by atoms with Crippen LogP contribution in [0.1, 0.15) is 53.4 Å². The monoisotopic (exact) mass is 600 g/mol. The molecule has 3 aliphatic rings. The van der Waals surface area contributed by atoms with E-state index < -0.39 is 95.0 Å². The van der Waals surface area contributed by atoms with Crippen molar-refractivity contribution in [2.45, 2.75) is 132 Å². The predicted octanol–water partition coefficient (Wildman–Crippen LogP) is -2.48. The van der Waals surface area contributed by atoms with E-state index in [2.05, 4.69) is 10.0 Å². The molecular weight excluding hydrogens is 552 g/mol. The first-order chi connectivity index (χ1) is 18.7. The number of likely N-dealkylation sites (N-methyl/N-ethyl adjacent to an activating group) is 1. The van der Waals surface area contributed by atoms with Gasteiger partial charge in [-0.2, -0.15) is 0 Å². The number of aliphatic hydroxyl groups excluding tert-OH is 5. The second-order valence-electron chi connectivity index (χ2n) is 11.5. The molecule has 2 saturated heterocycles. The molecule has 2 heterocycles. The standard InChI is InChI=1S/C25H48N2O12S/c1-6-8-9-40(34,35)27-13-10-12(3)20(38-24-17(30)16(29)15(28)14(7-2)37-24)18(31)21(13)39-23-19(32)22(26-5)25(4,33)11-36-23/h12-24,26-33H,6-11H2,1-5H3. The fraction of sp³-hybridized carbons (Fsp3) is 1.00. The highest BCUT2D eigenvalue weighted by molar-refractivity contribution is 7.89. The molecule has 3 fully saturated rings. The number of ether oxygens (including phenoxy) is 4. The molecule has 0 aromatic rings. The van der Waals surface area contributed by atoms with E-state index in [1.165, 1.54) is 6.92 Å². The number of rotatable bonds is 11. The van der Waals surface area contributed by atoms with Gasteiger partial charge in [0.15, 0.2) is 12.6 Å². The van der Waals surface area contributed by atoms with Crippen molar-refractivity contribution in [2.24, 2.45) is 5.92 Å². The van der Waals surface area contributed by atoms with Crippen LogP contribution in [0.3, 0.4) is 0 Å². The summed E-state index contributed by atoms with van der Waals surface area (Å²) in [6.07, 6.45) is -11.6. The lowest BCUT2D eigenvalue weighted by Gasteiger charge is -2.49. The molecule has 14 atom stereocenters. The Hall–Kier alpha value is -0.530. The third-order valence-electron chi connectivity index (χ3n) is 8.15. The maximum absolute atomic E-state index is 12.8. The van der Waals surface area contributed by atoms with Gasteiger partial charge in [0, 0.05) is 0 Å². The zero-order valence-electron chi connectivity index (χ0n) is 23.8. The van der Waals surface area contributed by atoms with Crippen LogP contribution in [0.4, 0.5) is 0 Å². The highest BCUT2D eigenvalue weighted by Crippen LogP contribution is 2.35. The normalized spacial score (nSPS) is 46.8. The Kier molecular flexibility index (Phi) is 11.8. The van der Waals surface area contributed by atoms with Gasteiger partial charge in [0.2, 0.25) is 10.0 Å². The average molecular weight is 601 g/mol. The smallest absolute Gasteiger partial charge is 0.211 e. The van der Waals surface area contributed by atoms with E-state index in [1.807, 2.05) is 6.92 Å².